The summed E-state index contributed by atoms with van der Waals surface area (Å²) < 4.78 is 27.7. The molecule has 0 aromatic heterocycles. The third-order valence-corrected chi connectivity index (χ3v) is 8.27. The molecule has 1 aromatic rings. The maximum atomic E-state index is 13.1. The van der Waals surface area contributed by atoms with Gasteiger partial charge < -0.3 is 9.80 Å². The van der Waals surface area contributed by atoms with E-state index in [0.717, 1.165) is 56.6 Å². The average Bonchev–Trinajstić information content (AvgIpc) is 2.95. The number of nitrogens with zero attached hydrogens (tertiary/aromatic N) is 3. The largest absolute Gasteiger partial charge is 0.309 e. The van der Waals surface area contributed by atoms with Crippen molar-refractivity contribution in [2.24, 2.45) is 5.92 Å². The fourth-order valence-electron chi connectivity index (χ4n) is 4.39. The Bertz CT molecular complexity index is 827. The lowest BCUT2D eigenvalue weighted by molar-refractivity contribution is -0.125. The van der Waals surface area contributed by atoms with Crippen LogP contribution >= 0.6 is 0 Å². The Hall–Kier alpha value is -1.44. The second kappa shape index (κ2) is 7.18. The third-order valence-electron chi connectivity index (χ3n) is 6.37. The zero-order valence-corrected chi connectivity index (χ0v) is 17.0. The van der Waals surface area contributed by atoms with E-state index in [1.54, 1.807) is 16.4 Å². The molecule has 1 saturated heterocycles. The maximum absolute atomic E-state index is 13.1. The van der Waals surface area contributed by atoms with Gasteiger partial charge in [-0.1, -0.05) is 13.3 Å². The van der Waals surface area contributed by atoms with Gasteiger partial charge in [0.05, 0.1) is 4.90 Å². The number of piperazine rings is 1. The van der Waals surface area contributed by atoms with Crippen molar-refractivity contribution in [1.82, 2.24) is 9.21 Å². The van der Waals surface area contributed by atoms with Gasteiger partial charge in [0.25, 0.3) is 0 Å². The van der Waals surface area contributed by atoms with E-state index in [1.165, 1.54) is 0 Å². The number of benzene rings is 1. The number of anilines is 1. The van der Waals surface area contributed by atoms with Gasteiger partial charge in [-0.05, 0) is 56.5 Å². The van der Waals surface area contributed by atoms with Crippen molar-refractivity contribution in [2.45, 2.75) is 50.5 Å². The molecule has 1 aromatic carbocycles. The molecule has 1 saturated carbocycles. The minimum atomic E-state index is -3.48. The van der Waals surface area contributed by atoms with Gasteiger partial charge in [0.15, 0.2) is 0 Å². The van der Waals surface area contributed by atoms with E-state index in [0.29, 0.717) is 18.0 Å². The number of sulfonamides is 1. The molecule has 7 heteroatoms. The maximum Gasteiger partial charge on any atom is 0.243 e. The van der Waals surface area contributed by atoms with Crippen molar-refractivity contribution in [3.63, 3.8) is 0 Å². The zero-order chi connectivity index (χ0) is 19.2. The van der Waals surface area contributed by atoms with E-state index in [4.69, 9.17) is 0 Å². The summed E-state index contributed by atoms with van der Waals surface area (Å²) in [6.07, 6.45) is 3.82. The molecule has 27 heavy (non-hydrogen) atoms. The normalized spacial score (nSPS) is 24.7. The lowest BCUT2D eigenvalue weighted by Crippen LogP contribution is -2.48. The van der Waals surface area contributed by atoms with Crippen molar-refractivity contribution >= 4 is 21.6 Å². The first kappa shape index (κ1) is 18.9. The molecule has 0 radical (unpaired) electrons. The lowest BCUT2D eigenvalue weighted by atomic mass is 9.84. The minimum Gasteiger partial charge on any atom is -0.309 e. The van der Waals surface area contributed by atoms with E-state index in [9.17, 15) is 13.2 Å². The van der Waals surface area contributed by atoms with E-state index in [-0.39, 0.29) is 17.9 Å². The number of rotatable bonds is 4. The van der Waals surface area contributed by atoms with Crippen LogP contribution in [0.25, 0.3) is 0 Å². The van der Waals surface area contributed by atoms with Crippen LogP contribution in [0.5, 0.6) is 0 Å². The molecule has 1 amide bonds. The number of hydrogen-bond donors (Lipinski definition) is 0. The van der Waals surface area contributed by atoms with Crippen LogP contribution in [0.15, 0.2) is 23.1 Å². The Morgan fingerprint density at radius 1 is 1.15 bits per heavy atom. The van der Waals surface area contributed by atoms with Gasteiger partial charge in [0.1, 0.15) is 0 Å². The molecule has 0 spiro atoms. The topological polar surface area (TPSA) is 60.9 Å². The van der Waals surface area contributed by atoms with Gasteiger partial charge in [-0.25, -0.2) is 8.42 Å². The predicted octanol–water partition coefficient (Wildman–Crippen LogP) is 2.09. The molecular weight excluding hydrogens is 362 g/mol. The van der Waals surface area contributed by atoms with Crippen LogP contribution in [-0.2, 0) is 21.2 Å². The van der Waals surface area contributed by atoms with Crippen molar-refractivity contribution < 1.29 is 13.2 Å². The average molecular weight is 392 g/mol. The van der Waals surface area contributed by atoms with Crippen molar-refractivity contribution in [2.75, 3.05) is 37.6 Å². The SMILES string of the molecule is CCN1CCN(S(=O)(=O)c2ccc3c(c2)C[C@@H](C)N3C(=O)C2CCC2)CC1. The fraction of sp³-hybridized carbons (Fsp3) is 0.650. The number of hydrogen-bond acceptors (Lipinski definition) is 4. The molecule has 2 fully saturated rings. The highest BCUT2D eigenvalue weighted by molar-refractivity contribution is 7.89. The van der Waals surface area contributed by atoms with Crippen LogP contribution < -0.4 is 4.90 Å². The fourth-order valence-corrected chi connectivity index (χ4v) is 5.86. The third kappa shape index (κ3) is 3.30. The van der Waals surface area contributed by atoms with E-state index in [1.807, 2.05) is 11.0 Å². The highest BCUT2D eigenvalue weighted by Crippen LogP contribution is 2.38. The summed E-state index contributed by atoms with van der Waals surface area (Å²) in [5.74, 6) is 0.357. The van der Waals surface area contributed by atoms with Crippen LogP contribution in [0.4, 0.5) is 5.69 Å². The highest BCUT2D eigenvalue weighted by atomic mass is 32.2. The summed E-state index contributed by atoms with van der Waals surface area (Å²) in [5, 5.41) is 0. The first-order valence-corrected chi connectivity index (χ1v) is 11.5. The molecule has 1 atom stereocenters. The number of carbonyl (C=O) groups excluding carboxylic acids is 1. The number of likely N-dealkylation sites (N-methyl/N-ethyl adjacent to an activating group) is 1. The molecular formula is C20H29N3O3S. The van der Waals surface area contributed by atoms with Crippen molar-refractivity contribution in [1.29, 1.82) is 0 Å². The Labute approximate surface area is 162 Å². The van der Waals surface area contributed by atoms with Gasteiger partial charge in [-0.15, -0.1) is 0 Å². The van der Waals surface area contributed by atoms with E-state index < -0.39 is 10.0 Å². The Kier molecular flexibility index (Phi) is 5.03. The van der Waals surface area contributed by atoms with E-state index >= 15 is 0 Å². The number of fused-ring (bicyclic) bond motifs is 1. The van der Waals surface area contributed by atoms with Gasteiger partial charge >= 0.3 is 0 Å². The quantitative estimate of drug-likeness (QED) is 0.789. The molecule has 1 aliphatic carbocycles. The second-order valence-corrected chi connectivity index (χ2v) is 9.96. The van der Waals surface area contributed by atoms with Crippen molar-refractivity contribution in [3.05, 3.63) is 23.8 Å². The van der Waals surface area contributed by atoms with Gasteiger partial charge in [0, 0.05) is 43.8 Å². The first-order valence-electron chi connectivity index (χ1n) is 10.1. The predicted molar refractivity (Wildman–Crippen MR) is 105 cm³/mol. The molecule has 0 unspecified atom stereocenters. The summed E-state index contributed by atoms with van der Waals surface area (Å²) in [6.45, 7) is 7.74. The van der Waals surface area contributed by atoms with Crippen molar-refractivity contribution in [3.8, 4) is 0 Å². The molecule has 148 valence electrons. The van der Waals surface area contributed by atoms with Crippen LogP contribution in [0.2, 0.25) is 0 Å². The van der Waals surface area contributed by atoms with Gasteiger partial charge in [-0.3, -0.25) is 4.79 Å². The Morgan fingerprint density at radius 3 is 2.44 bits per heavy atom. The summed E-state index contributed by atoms with van der Waals surface area (Å²) in [6, 6.07) is 5.41. The molecule has 0 bridgehead atoms. The summed E-state index contributed by atoms with van der Waals surface area (Å²) >= 11 is 0. The molecule has 3 aliphatic rings. The number of amides is 1. The summed E-state index contributed by atoms with van der Waals surface area (Å²) in [5.41, 5.74) is 1.87. The van der Waals surface area contributed by atoms with E-state index in [2.05, 4.69) is 18.7 Å². The van der Waals surface area contributed by atoms with Crippen LogP contribution in [-0.4, -0.2) is 62.3 Å². The van der Waals surface area contributed by atoms with Crippen LogP contribution in [0.3, 0.4) is 0 Å². The zero-order valence-electron chi connectivity index (χ0n) is 16.2. The summed E-state index contributed by atoms with van der Waals surface area (Å²) in [4.78, 5) is 17.3. The monoisotopic (exact) mass is 391 g/mol. The Morgan fingerprint density at radius 2 is 1.85 bits per heavy atom. The Balaban J connectivity index is 1.56. The molecule has 0 N–H and O–H groups in total. The smallest absolute Gasteiger partial charge is 0.243 e. The lowest BCUT2D eigenvalue weighted by Gasteiger charge is -2.33. The second-order valence-electron chi connectivity index (χ2n) is 8.02. The molecule has 2 heterocycles. The molecule has 4 rings (SSSR count). The minimum absolute atomic E-state index is 0.0964. The molecule has 6 nitrogen and oxygen atoms in total. The van der Waals surface area contributed by atoms with Gasteiger partial charge in [-0.2, -0.15) is 4.31 Å². The standard InChI is InChI=1S/C20H29N3O3S/c1-3-21-9-11-22(12-10-21)27(25,26)18-7-8-19-17(14-18)13-15(2)23(19)20(24)16-5-4-6-16/h7-8,14-16H,3-6,9-13H2,1-2H3/t15-/m1/s1. The molecule has 2 aliphatic heterocycles. The van der Waals surface area contributed by atoms with Crippen LogP contribution in [0.1, 0.15) is 38.7 Å². The highest BCUT2D eigenvalue weighted by Gasteiger charge is 2.38. The number of carbonyl (C=O) groups is 1. The van der Waals surface area contributed by atoms with Crippen LogP contribution in [0, 0.1) is 5.92 Å². The first-order chi connectivity index (χ1) is 12.9. The van der Waals surface area contributed by atoms with Gasteiger partial charge in [0.2, 0.25) is 15.9 Å². The summed E-state index contributed by atoms with van der Waals surface area (Å²) in [7, 11) is -3.48.